The van der Waals surface area contributed by atoms with Crippen LogP contribution < -0.4 is 0 Å². The van der Waals surface area contributed by atoms with Gasteiger partial charge in [-0.15, -0.1) is 67.9 Å². The zero-order valence-corrected chi connectivity index (χ0v) is 37.8. The van der Waals surface area contributed by atoms with E-state index >= 15 is 0 Å². The first-order valence-corrected chi connectivity index (χ1v) is 14.5. The molecule has 3 aromatic carbocycles. The topological polar surface area (TPSA) is 50.5 Å². The van der Waals surface area contributed by atoms with Crippen molar-refractivity contribution >= 4 is 91.7 Å². The molecule has 0 bridgehead atoms. The van der Waals surface area contributed by atoms with E-state index in [1.54, 1.807) is 12.4 Å². The fourth-order valence-electron chi connectivity index (χ4n) is 5.47. The van der Waals surface area contributed by atoms with Crippen molar-refractivity contribution in [1.29, 1.82) is 0 Å². The molecule has 0 fully saturated rings. The van der Waals surface area contributed by atoms with Crippen molar-refractivity contribution in [3.63, 3.8) is 0 Å². The monoisotopic (exact) mass is 1080 g/mol. The maximum absolute atomic E-state index is 4.80. The molecule has 0 atom stereocenters. The first-order chi connectivity index (χ1) is 20.2. The Kier molecular flexibility index (Phi) is 22.7. The van der Waals surface area contributed by atoms with E-state index in [0.29, 0.717) is 5.92 Å². The van der Waals surface area contributed by atoms with Crippen LogP contribution in [0.2, 0.25) is 0 Å². The van der Waals surface area contributed by atoms with E-state index in [-0.39, 0.29) is 109 Å². The van der Waals surface area contributed by atoms with E-state index in [2.05, 4.69) is 94.8 Å². The Labute approximate surface area is 355 Å². The van der Waals surface area contributed by atoms with Gasteiger partial charge in [0.1, 0.15) is 0 Å². The van der Waals surface area contributed by atoms with Gasteiger partial charge in [0.15, 0.2) is 0 Å². The quantitative estimate of drug-likeness (QED) is 0.120. The predicted octanol–water partition coefficient (Wildman–Crippen LogP) is 12.3. The van der Waals surface area contributed by atoms with Crippen LogP contribution in [0.25, 0.3) is 22.3 Å². The third kappa shape index (κ3) is 11.8. The summed E-state index contributed by atoms with van der Waals surface area (Å²) in [6, 6.07) is 25.5. The summed E-state index contributed by atoms with van der Waals surface area (Å²) in [4.78, 5) is 18.4. The number of halogens is 4. The van der Waals surface area contributed by atoms with E-state index in [4.69, 9.17) is 9.98 Å². The first kappa shape index (κ1) is 48.7. The van der Waals surface area contributed by atoms with Gasteiger partial charge in [-0.3, -0.25) is 20.0 Å². The van der Waals surface area contributed by atoms with E-state index in [9.17, 15) is 0 Å². The molecule has 0 unspecified atom stereocenters. The molecule has 5 aromatic rings. The summed E-state index contributed by atoms with van der Waals surface area (Å²) in [7, 11) is 0. The van der Waals surface area contributed by atoms with Gasteiger partial charge in [-0.25, -0.2) is 0 Å². The minimum Gasteiger partial charge on any atom is -0.255 e. The summed E-state index contributed by atoms with van der Waals surface area (Å²) < 4.78 is 0. The molecule has 0 spiro atoms. The van der Waals surface area contributed by atoms with Gasteiger partial charge in [0.25, 0.3) is 0 Å². The Morgan fingerprint density at radius 2 is 0.896 bits per heavy atom. The molecule has 48 heavy (non-hydrogen) atoms. The molecule has 5 rings (SSSR count). The zero-order chi connectivity index (χ0) is 29.8. The number of benzene rings is 3. The summed E-state index contributed by atoms with van der Waals surface area (Å²) in [5, 5.41) is 0. The molecule has 0 radical (unpaired) electrons. The van der Waals surface area contributed by atoms with Gasteiger partial charge in [-0.1, -0.05) is 38.1 Å². The maximum Gasteiger partial charge on any atom is 0.0812 e. The molecule has 0 aliphatic heterocycles. The van der Waals surface area contributed by atoms with Crippen LogP contribution in [0.3, 0.4) is 0 Å². The van der Waals surface area contributed by atoms with E-state index < -0.39 is 0 Å². The van der Waals surface area contributed by atoms with Crippen molar-refractivity contribution in [2.75, 3.05) is 0 Å². The van der Waals surface area contributed by atoms with Crippen molar-refractivity contribution in [3.8, 4) is 22.3 Å². The van der Waals surface area contributed by atoms with Crippen LogP contribution in [-0.4, -0.2) is 22.4 Å². The fourth-order valence-corrected chi connectivity index (χ4v) is 5.47. The number of nitrogens with zero attached hydrogens (tertiary/aromatic N) is 4. The molecular formula is C38H42Br4N4Pd2. The van der Waals surface area contributed by atoms with Crippen LogP contribution in [0.5, 0.6) is 0 Å². The Bertz CT molecular complexity index is 1640. The average molecular weight is 1090 g/mol. The van der Waals surface area contributed by atoms with Crippen LogP contribution in [0.15, 0.2) is 95.2 Å². The van der Waals surface area contributed by atoms with Crippen molar-refractivity contribution in [2.24, 2.45) is 9.98 Å². The second-order valence-corrected chi connectivity index (χ2v) is 11.3. The summed E-state index contributed by atoms with van der Waals surface area (Å²) in [6.07, 6.45) is 7.26. The van der Waals surface area contributed by atoms with E-state index in [0.717, 1.165) is 45.0 Å². The van der Waals surface area contributed by atoms with E-state index in [1.807, 2.05) is 48.8 Å². The van der Waals surface area contributed by atoms with Crippen molar-refractivity contribution in [2.45, 2.75) is 54.4 Å². The minimum absolute atomic E-state index is 0. The molecule has 0 saturated carbocycles. The summed E-state index contributed by atoms with van der Waals surface area (Å²) in [5.41, 5.74) is 15.8. The van der Waals surface area contributed by atoms with Crippen LogP contribution in [0.1, 0.15) is 64.5 Å². The molecule has 2 heterocycles. The molecule has 0 N–H and O–H groups in total. The van der Waals surface area contributed by atoms with Gasteiger partial charge in [-0.2, -0.15) is 0 Å². The summed E-state index contributed by atoms with van der Waals surface area (Å²) >= 11 is 0. The van der Waals surface area contributed by atoms with Crippen molar-refractivity contribution in [1.82, 2.24) is 9.97 Å². The fraction of sp³-hybridized carbons (Fsp3) is 0.211. The smallest absolute Gasteiger partial charge is 0.0812 e. The molecule has 0 amide bonds. The molecule has 10 heteroatoms. The predicted molar refractivity (Wildman–Crippen MR) is 219 cm³/mol. The number of aromatic nitrogens is 2. The second kappa shape index (κ2) is 22.4. The van der Waals surface area contributed by atoms with Crippen molar-refractivity contribution in [3.05, 3.63) is 130 Å². The molecule has 262 valence electrons. The number of aliphatic imine (C=N–C) groups is 2. The van der Waals surface area contributed by atoms with Gasteiger partial charge >= 0.3 is 0 Å². The standard InChI is InChI=1S/C38H38N4.4BrH.2Pd/c1-24(2)30-20-35(31-16-25(3)37(26(4)17-31)41-22-33-12-8-10-14-39-33)29(7)36(21-30)32-18-27(5)38(28(6)19-32)42-23-34-13-9-11-15-40-34;;;;;;/h8-24H,1-7H3;4*1H;;. The summed E-state index contributed by atoms with van der Waals surface area (Å²) in [6.45, 7) is 15.3. The largest absolute Gasteiger partial charge is 0.255 e. The van der Waals surface area contributed by atoms with Gasteiger partial charge in [-0.05, 0) is 145 Å². The van der Waals surface area contributed by atoms with Gasteiger partial charge in [0, 0.05) is 53.2 Å². The SMILES string of the molecule is Br.Br.Br.Br.Cc1cc(-c2cc(C(C)C)cc(-c3cc(C)c(N=Cc4ccccn4)c(C)c3)c2C)cc(C)c1N=Cc1ccccn1.[Pd].[Pd]. The van der Waals surface area contributed by atoms with Crippen LogP contribution in [0, 0.1) is 34.6 Å². The average Bonchev–Trinajstić information content (AvgIpc) is 2.97. The third-order valence-electron chi connectivity index (χ3n) is 7.73. The number of hydrogen-bond donors (Lipinski definition) is 0. The third-order valence-corrected chi connectivity index (χ3v) is 7.73. The number of hydrogen-bond acceptors (Lipinski definition) is 4. The van der Waals surface area contributed by atoms with Gasteiger partial charge < -0.3 is 0 Å². The van der Waals surface area contributed by atoms with Crippen molar-refractivity contribution < 1.29 is 40.8 Å². The van der Waals surface area contributed by atoms with Gasteiger partial charge in [0.05, 0.1) is 35.2 Å². The Balaban J connectivity index is 0. The second-order valence-electron chi connectivity index (χ2n) is 11.3. The maximum atomic E-state index is 4.80. The van der Waals surface area contributed by atoms with Crippen LogP contribution in [0.4, 0.5) is 11.4 Å². The minimum atomic E-state index is 0. The van der Waals surface area contributed by atoms with E-state index in [1.165, 1.54) is 33.4 Å². The molecule has 0 aliphatic rings. The molecule has 2 aromatic heterocycles. The first-order valence-electron chi connectivity index (χ1n) is 14.5. The number of aryl methyl sites for hydroxylation is 4. The molecule has 4 nitrogen and oxygen atoms in total. The summed E-state index contributed by atoms with van der Waals surface area (Å²) in [5.74, 6) is 0.400. The molecule has 0 saturated heterocycles. The number of pyridine rings is 2. The molecular weight excluding hydrogens is 1040 g/mol. The number of rotatable bonds is 7. The molecule has 0 aliphatic carbocycles. The van der Waals surface area contributed by atoms with Crippen LogP contribution in [-0.2, 0) is 40.8 Å². The normalized spacial score (nSPS) is 10.2. The Morgan fingerprint density at radius 3 is 1.19 bits per heavy atom. The van der Waals surface area contributed by atoms with Gasteiger partial charge in [0.2, 0.25) is 0 Å². The zero-order valence-electron chi connectivity index (χ0n) is 27.9. The van der Waals surface area contributed by atoms with Crippen LogP contribution >= 0.6 is 67.9 Å². The Morgan fingerprint density at radius 1 is 0.542 bits per heavy atom. The Hall–Kier alpha value is -1.46.